The van der Waals surface area contributed by atoms with E-state index in [4.69, 9.17) is 21.0 Å². The van der Waals surface area contributed by atoms with Crippen LogP contribution in [-0.2, 0) is 11.3 Å². The van der Waals surface area contributed by atoms with E-state index in [1.165, 1.54) is 5.69 Å². The summed E-state index contributed by atoms with van der Waals surface area (Å²) in [6.45, 7) is 8.61. The maximum atomic E-state index is 12.8. The lowest BCUT2D eigenvalue weighted by molar-refractivity contribution is -0.124. The number of rotatable bonds is 10. The summed E-state index contributed by atoms with van der Waals surface area (Å²) in [6, 6.07) is 18.0. The van der Waals surface area contributed by atoms with Crippen LogP contribution in [0.3, 0.4) is 0 Å². The second-order valence-electron chi connectivity index (χ2n) is 9.06. The second-order valence-corrected chi connectivity index (χ2v) is 9.50. The minimum Gasteiger partial charge on any atom is -0.441 e. The quantitative estimate of drug-likeness (QED) is 0.337. The number of likely N-dealkylation sites (tertiary alicyclic amines) is 1. The zero-order valence-corrected chi connectivity index (χ0v) is 20.9. The van der Waals surface area contributed by atoms with Crippen molar-refractivity contribution in [3.63, 3.8) is 0 Å². The van der Waals surface area contributed by atoms with Gasteiger partial charge in [-0.05, 0) is 82.6 Å². The minimum absolute atomic E-state index is 0.186. The molecule has 1 aromatic heterocycles. The first-order valence-corrected chi connectivity index (χ1v) is 12.7. The first-order chi connectivity index (χ1) is 16.5. The molecule has 0 atom stereocenters. The van der Waals surface area contributed by atoms with Crippen molar-refractivity contribution in [3.8, 4) is 11.5 Å². The monoisotopic (exact) mass is 479 g/mol. The maximum Gasteiger partial charge on any atom is 0.226 e. The number of hydrogen-bond acceptors (Lipinski definition) is 5. The normalized spacial score (nSPS) is 14.9. The van der Waals surface area contributed by atoms with Crippen molar-refractivity contribution in [1.29, 1.82) is 0 Å². The highest BCUT2D eigenvalue weighted by Crippen LogP contribution is 2.26. The van der Waals surface area contributed by atoms with Gasteiger partial charge in [0.15, 0.2) is 0 Å². The molecule has 0 spiro atoms. The van der Waals surface area contributed by atoms with E-state index in [0.717, 1.165) is 69.0 Å². The van der Waals surface area contributed by atoms with E-state index in [1.807, 2.05) is 37.3 Å². The molecule has 1 saturated heterocycles. The number of ketones is 1. The number of piperidine rings is 1. The topological polar surface area (TPSA) is 49.6 Å². The molecular weight excluding hydrogens is 446 g/mol. The summed E-state index contributed by atoms with van der Waals surface area (Å²) in [5.41, 5.74) is 3.13. The number of hydrogen-bond donors (Lipinski definition) is 0. The van der Waals surface area contributed by atoms with Gasteiger partial charge in [0.2, 0.25) is 5.89 Å². The number of benzene rings is 2. The van der Waals surface area contributed by atoms with Crippen molar-refractivity contribution < 1.29 is 9.21 Å². The fourth-order valence-corrected chi connectivity index (χ4v) is 4.80. The van der Waals surface area contributed by atoms with Gasteiger partial charge in [-0.2, -0.15) is 0 Å². The number of nitrogens with zero attached hydrogens (tertiary/aromatic N) is 3. The van der Waals surface area contributed by atoms with Crippen LogP contribution in [0.5, 0.6) is 0 Å². The Kier molecular flexibility index (Phi) is 8.41. The summed E-state index contributed by atoms with van der Waals surface area (Å²) in [4.78, 5) is 22.3. The maximum absolute atomic E-state index is 12.8. The number of para-hydroxylation sites is 1. The van der Waals surface area contributed by atoms with E-state index in [1.54, 1.807) is 0 Å². The molecule has 34 heavy (non-hydrogen) atoms. The molecule has 0 aliphatic carbocycles. The number of oxazole rings is 1. The zero-order chi connectivity index (χ0) is 23.9. The van der Waals surface area contributed by atoms with Crippen LogP contribution in [0.1, 0.15) is 44.1 Å². The Morgan fingerprint density at radius 1 is 1.12 bits per heavy atom. The molecule has 0 saturated carbocycles. The summed E-state index contributed by atoms with van der Waals surface area (Å²) in [6.07, 6.45) is 3.43. The van der Waals surface area contributed by atoms with Crippen LogP contribution in [0.2, 0.25) is 5.02 Å². The number of Topliss-reactive ketones (excluding diaryl/α,β-unsaturated/α-hetero) is 1. The summed E-state index contributed by atoms with van der Waals surface area (Å²) >= 11 is 5.99. The molecule has 6 heteroatoms. The molecular formula is C28H34ClN3O2. The highest BCUT2D eigenvalue weighted by atomic mass is 35.5. The molecule has 0 radical (unpaired) electrons. The summed E-state index contributed by atoms with van der Waals surface area (Å²) in [5.74, 6) is 2.09. The molecule has 2 heterocycles. The molecule has 0 unspecified atom stereocenters. The number of aryl methyl sites for hydroxylation is 1. The van der Waals surface area contributed by atoms with Gasteiger partial charge in [-0.3, -0.25) is 9.69 Å². The van der Waals surface area contributed by atoms with E-state index in [-0.39, 0.29) is 5.92 Å². The van der Waals surface area contributed by atoms with Crippen LogP contribution in [0.25, 0.3) is 11.5 Å². The van der Waals surface area contributed by atoms with Crippen LogP contribution in [0.15, 0.2) is 59.0 Å². The van der Waals surface area contributed by atoms with Crippen LogP contribution in [0.4, 0.5) is 5.69 Å². The lowest BCUT2D eigenvalue weighted by atomic mass is 9.90. The van der Waals surface area contributed by atoms with Gasteiger partial charge in [0, 0.05) is 48.2 Å². The van der Waals surface area contributed by atoms with Crippen LogP contribution >= 0.6 is 11.6 Å². The fourth-order valence-electron chi connectivity index (χ4n) is 4.67. The van der Waals surface area contributed by atoms with Crippen LogP contribution in [-0.4, -0.2) is 41.8 Å². The highest BCUT2D eigenvalue weighted by Gasteiger charge is 2.26. The summed E-state index contributed by atoms with van der Waals surface area (Å²) in [7, 11) is 0. The van der Waals surface area contributed by atoms with E-state index in [2.05, 4.69) is 41.0 Å². The molecule has 0 amide bonds. The fraction of sp³-hybridized carbons (Fsp3) is 0.429. The number of carbonyl (C=O) groups is 1. The third-order valence-electron chi connectivity index (χ3n) is 6.75. The van der Waals surface area contributed by atoms with E-state index >= 15 is 0 Å². The van der Waals surface area contributed by atoms with Crippen molar-refractivity contribution in [1.82, 2.24) is 9.88 Å². The number of carbonyl (C=O) groups excluding carboxylic acids is 1. The molecule has 180 valence electrons. The van der Waals surface area contributed by atoms with Crippen molar-refractivity contribution in [2.24, 2.45) is 5.92 Å². The molecule has 0 bridgehead atoms. The SMILES string of the molecule is CCN(CCCC(=O)C1CCN(Cc2nc(-c3ccc(Cl)cc3)oc2C)CC1)c1ccccc1. The largest absolute Gasteiger partial charge is 0.441 e. The van der Waals surface area contributed by atoms with Gasteiger partial charge in [0.05, 0.1) is 5.69 Å². The van der Waals surface area contributed by atoms with Gasteiger partial charge >= 0.3 is 0 Å². The Morgan fingerprint density at radius 3 is 2.50 bits per heavy atom. The summed E-state index contributed by atoms with van der Waals surface area (Å²) in [5, 5.41) is 0.698. The third kappa shape index (κ3) is 6.28. The molecule has 0 N–H and O–H groups in total. The van der Waals surface area contributed by atoms with Crippen LogP contribution in [0, 0.1) is 12.8 Å². The van der Waals surface area contributed by atoms with Gasteiger partial charge in [0.1, 0.15) is 11.5 Å². The number of halogens is 1. The third-order valence-corrected chi connectivity index (χ3v) is 7.01. The van der Waals surface area contributed by atoms with Gasteiger partial charge in [-0.15, -0.1) is 0 Å². The molecule has 5 nitrogen and oxygen atoms in total. The molecule has 1 aliphatic rings. The number of aromatic nitrogens is 1. The van der Waals surface area contributed by atoms with Crippen molar-refractivity contribution >= 4 is 23.1 Å². The lowest BCUT2D eigenvalue weighted by Crippen LogP contribution is -2.36. The smallest absolute Gasteiger partial charge is 0.226 e. The first kappa shape index (κ1) is 24.5. The molecule has 3 aromatic rings. The summed E-state index contributed by atoms with van der Waals surface area (Å²) < 4.78 is 5.91. The predicted molar refractivity (Wildman–Crippen MR) is 138 cm³/mol. The Balaban J connectivity index is 1.23. The minimum atomic E-state index is 0.186. The Morgan fingerprint density at radius 2 is 1.82 bits per heavy atom. The van der Waals surface area contributed by atoms with Gasteiger partial charge in [-0.25, -0.2) is 4.98 Å². The molecule has 1 fully saturated rings. The van der Waals surface area contributed by atoms with Crippen LogP contribution < -0.4 is 4.90 Å². The van der Waals surface area contributed by atoms with Gasteiger partial charge < -0.3 is 9.32 Å². The average Bonchev–Trinajstić information content (AvgIpc) is 3.23. The Labute approximate surface area is 207 Å². The second kappa shape index (κ2) is 11.7. The number of anilines is 1. The standard InChI is InChI=1S/C28H34ClN3O2/c1-3-32(25-8-5-4-6-9-25)17-7-10-27(33)22-15-18-31(19-16-22)20-26-21(2)34-28(30-26)23-11-13-24(29)14-12-23/h4-6,8-9,11-14,22H,3,7,10,15-20H2,1-2H3. The van der Waals surface area contributed by atoms with Crippen molar-refractivity contribution in [3.05, 3.63) is 71.1 Å². The lowest BCUT2D eigenvalue weighted by Gasteiger charge is -2.31. The van der Waals surface area contributed by atoms with Crippen molar-refractivity contribution in [2.45, 2.75) is 46.1 Å². The zero-order valence-electron chi connectivity index (χ0n) is 20.2. The van der Waals surface area contributed by atoms with Crippen molar-refractivity contribution in [2.75, 3.05) is 31.1 Å². The first-order valence-electron chi connectivity index (χ1n) is 12.3. The molecule has 2 aromatic carbocycles. The van der Waals surface area contributed by atoms with E-state index < -0.39 is 0 Å². The average molecular weight is 480 g/mol. The highest BCUT2D eigenvalue weighted by molar-refractivity contribution is 6.30. The Bertz CT molecular complexity index is 1060. The van der Waals surface area contributed by atoms with E-state index in [9.17, 15) is 4.79 Å². The van der Waals surface area contributed by atoms with E-state index in [0.29, 0.717) is 23.1 Å². The molecule has 1 aliphatic heterocycles. The van der Waals surface area contributed by atoms with Gasteiger partial charge in [0.25, 0.3) is 0 Å². The molecule has 4 rings (SSSR count). The predicted octanol–water partition coefficient (Wildman–Crippen LogP) is 6.39. The van der Waals surface area contributed by atoms with Gasteiger partial charge in [-0.1, -0.05) is 29.8 Å². The Hall–Kier alpha value is -2.63.